The summed E-state index contributed by atoms with van der Waals surface area (Å²) in [4.78, 5) is 18.3. The molecule has 3 aromatic rings. The van der Waals surface area contributed by atoms with Gasteiger partial charge in [0.1, 0.15) is 11.0 Å². The van der Waals surface area contributed by atoms with Crippen molar-refractivity contribution in [3.63, 3.8) is 0 Å². The molecule has 4 heteroatoms. The van der Waals surface area contributed by atoms with Crippen LogP contribution in [0.1, 0.15) is 22.8 Å². The number of hydrogen-bond donors (Lipinski definition) is 0. The number of nitrogens with zero attached hydrogens (tertiary/aromatic N) is 4. The van der Waals surface area contributed by atoms with Gasteiger partial charge in [0, 0.05) is 0 Å². The quantitative estimate of drug-likeness (QED) is 0.565. The summed E-state index contributed by atoms with van der Waals surface area (Å²) in [6.07, 6.45) is 0. The van der Waals surface area contributed by atoms with Gasteiger partial charge in [0.05, 0.1) is 33.8 Å². The summed E-state index contributed by atoms with van der Waals surface area (Å²) >= 11 is 0. The molecule has 0 atom stereocenters. The van der Waals surface area contributed by atoms with Crippen molar-refractivity contribution in [1.82, 2.24) is 19.9 Å². The molecule has 0 radical (unpaired) electrons. The minimum absolute atomic E-state index is 0.839. The molecule has 0 aliphatic carbocycles. The first kappa shape index (κ1) is 11.0. The van der Waals surface area contributed by atoms with Crippen molar-refractivity contribution in [2.45, 2.75) is 27.7 Å². The smallest absolute Gasteiger partial charge is 0.117 e. The largest absolute Gasteiger partial charge is 0.250 e. The second kappa shape index (κ2) is 3.70. The molecular weight excluding hydrogens is 224 g/mol. The van der Waals surface area contributed by atoms with Crippen LogP contribution in [-0.4, -0.2) is 19.9 Å². The van der Waals surface area contributed by atoms with E-state index in [-0.39, 0.29) is 0 Å². The van der Waals surface area contributed by atoms with Crippen LogP contribution in [0.25, 0.3) is 22.1 Å². The summed E-state index contributed by atoms with van der Waals surface area (Å²) in [6.45, 7) is 7.88. The Hall–Kier alpha value is -2.10. The van der Waals surface area contributed by atoms with E-state index in [0.29, 0.717) is 0 Å². The molecule has 0 unspecified atom stereocenters. The SMILES string of the molecule is Cc1nc2ccc3nc(C)c(C)nc3c2nc1C. The van der Waals surface area contributed by atoms with Crippen LogP contribution in [0.3, 0.4) is 0 Å². The standard InChI is InChI=1S/C14H14N4/c1-7-9(3)17-13-11(15-7)5-6-12-14(13)18-10(4)8(2)16-12/h5-6H,1-4H3. The van der Waals surface area contributed by atoms with E-state index in [1.807, 2.05) is 39.8 Å². The summed E-state index contributed by atoms with van der Waals surface area (Å²) in [5.74, 6) is 0. The van der Waals surface area contributed by atoms with E-state index in [9.17, 15) is 0 Å². The third-order valence-corrected chi connectivity index (χ3v) is 3.29. The van der Waals surface area contributed by atoms with Crippen LogP contribution < -0.4 is 0 Å². The molecule has 0 bridgehead atoms. The first-order chi connectivity index (χ1) is 8.56. The van der Waals surface area contributed by atoms with Crippen molar-refractivity contribution < 1.29 is 0 Å². The Morgan fingerprint density at radius 2 is 0.889 bits per heavy atom. The van der Waals surface area contributed by atoms with Crippen LogP contribution >= 0.6 is 0 Å². The lowest BCUT2D eigenvalue weighted by molar-refractivity contribution is 1.08. The Morgan fingerprint density at radius 1 is 0.556 bits per heavy atom. The van der Waals surface area contributed by atoms with Gasteiger partial charge in [-0.15, -0.1) is 0 Å². The molecule has 90 valence electrons. The highest BCUT2D eigenvalue weighted by Gasteiger charge is 2.09. The van der Waals surface area contributed by atoms with E-state index in [1.54, 1.807) is 0 Å². The normalized spacial score (nSPS) is 11.3. The fourth-order valence-corrected chi connectivity index (χ4v) is 1.98. The zero-order valence-electron chi connectivity index (χ0n) is 10.9. The van der Waals surface area contributed by atoms with Crippen LogP contribution in [0.5, 0.6) is 0 Å². The summed E-state index contributed by atoms with van der Waals surface area (Å²) in [7, 11) is 0. The number of aryl methyl sites for hydroxylation is 4. The Labute approximate surface area is 105 Å². The Bertz CT molecular complexity index is 711. The Morgan fingerprint density at radius 3 is 1.28 bits per heavy atom. The van der Waals surface area contributed by atoms with Crippen molar-refractivity contribution in [3.8, 4) is 0 Å². The lowest BCUT2D eigenvalue weighted by atomic mass is 10.2. The lowest BCUT2D eigenvalue weighted by Crippen LogP contribution is -1.98. The Balaban J connectivity index is 2.52. The molecule has 0 spiro atoms. The molecule has 0 N–H and O–H groups in total. The van der Waals surface area contributed by atoms with Gasteiger partial charge in [-0.3, -0.25) is 0 Å². The average molecular weight is 238 g/mol. The van der Waals surface area contributed by atoms with Gasteiger partial charge in [-0.1, -0.05) is 0 Å². The number of fused-ring (bicyclic) bond motifs is 3. The van der Waals surface area contributed by atoms with Gasteiger partial charge in [-0.2, -0.15) is 0 Å². The fourth-order valence-electron chi connectivity index (χ4n) is 1.98. The van der Waals surface area contributed by atoms with Gasteiger partial charge in [0.15, 0.2) is 0 Å². The number of rotatable bonds is 0. The first-order valence-corrected chi connectivity index (χ1v) is 5.95. The van der Waals surface area contributed by atoms with Gasteiger partial charge in [0.25, 0.3) is 0 Å². The molecule has 2 aromatic heterocycles. The highest BCUT2D eigenvalue weighted by Crippen LogP contribution is 2.21. The molecule has 0 saturated carbocycles. The maximum absolute atomic E-state index is 4.61. The van der Waals surface area contributed by atoms with E-state index >= 15 is 0 Å². The van der Waals surface area contributed by atoms with Crippen molar-refractivity contribution in [2.75, 3.05) is 0 Å². The predicted octanol–water partition coefficient (Wildman–Crippen LogP) is 2.81. The maximum Gasteiger partial charge on any atom is 0.117 e. The van der Waals surface area contributed by atoms with Crippen molar-refractivity contribution >= 4 is 22.1 Å². The molecule has 2 heterocycles. The third kappa shape index (κ3) is 1.53. The molecule has 0 saturated heterocycles. The lowest BCUT2D eigenvalue weighted by Gasteiger charge is -2.06. The molecule has 1 aromatic carbocycles. The Kier molecular flexibility index (Phi) is 2.26. The predicted molar refractivity (Wildman–Crippen MR) is 71.6 cm³/mol. The second-order valence-electron chi connectivity index (χ2n) is 4.59. The van der Waals surface area contributed by atoms with Crippen LogP contribution in [0.2, 0.25) is 0 Å². The second-order valence-corrected chi connectivity index (χ2v) is 4.59. The highest BCUT2D eigenvalue weighted by atomic mass is 14.9. The van der Waals surface area contributed by atoms with Crippen LogP contribution in [0, 0.1) is 27.7 Å². The topological polar surface area (TPSA) is 51.6 Å². The molecule has 18 heavy (non-hydrogen) atoms. The number of benzene rings is 1. The van der Waals surface area contributed by atoms with E-state index in [0.717, 1.165) is 44.8 Å². The van der Waals surface area contributed by atoms with Gasteiger partial charge < -0.3 is 0 Å². The zero-order valence-corrected chi connectivity index (χ0v) is 10.9. The van der Waals surface area contributed by atoms with Gasteiger partial charge in [-0.05, 0) is 39.8 Å². The fraction of sp³-hybridized carbons (Fsp3) is 0.286. The van der Waals surface area contributed by atoms with Crippen LogP contribution in [0.15, 0.2) is 12.1 Å². The molecule has 3 rings (SSSR count). The third-order valence-electron chi connectivity index (χ3n) is 3.29. The molecule has 4 nitrogen and oxygen atoms in total. The molecule has 0 amide bonds. The van der Waals surface area contributed by atoms with Crippen molar-refractivity contribution in [1.29, 1.82) is 0 Å². The molecule has 0 fully saturated rings. The van der Waals surface area contributed by atoms with E-state index < -0.39 is 0 Å². The van der Waals surface area contributed by atoms with Gasteiger partial charge in [0.2, 0.25) is 0 Å². The van der Waals surface area contributed by atoms with Crippen LogP contribution in [-0.2, 0) is 0 Å². The number of aromatic nitrogens is 4. The summed E-state index contributed by atoms with van der Waals surface area (Å²) in [5, 5.41) is 0. The molecular formula is C14H14N4. The number of hydrogen-bond acceptors (Lipinski definition) is 4. The monoisotopic (exact) mass is 238 g/mol. The average Bonchev–Trinajstić information content (AvgIpc) is 2.33. The van der Waals surface area contributed by atoms with Crippen LogP contribution in [0.4, 0.5) is 0 Å². The van der Waals surface area contributed by atoms with Crippen molar-refractivity contribution in [2.24, 2.45) is 0 Å². The summed E-state index contributed by atoms with van der Waals surface area (Å²) in [6, 6.07) is 3.92. The minimum Gasteiger partial charge on any atom is -0.250 e. The maximum atomic E-state index is 4.61. The van der Waals surface area contributed by atoms with Gasteiger partial charge >= 0.3 is 0 Å². The van der Waals surface area contributed by atoms with Crippen molar-refractivity contribution in [3.05, 3.63) is 34.9 Å². The highest BCUT2D eigenvalue weighted by molar-refractivity contribution is 5.99. The van der Waals surface area contributed by atoms with E-state index in [1.165, 1.54) is 0 Å². The zero-order chi connectivity index (χ0) is 12.9. The molecule has 0 aliphatic rings. The first-order valence-electron chi connectivity index (χ1n) is 5.95. The van der Waals surface area contributed by atoms with E-state index in [4.69, 9.17) is 0 Å². The van der Waals surface area contributed by atoms with Gasteiger partial charge in [-0.25, -0.2) is 19.9 Å². The minimum atomic E-state index is 0.839. The summed E-state index contributed by atoms with van der Waals surface area (Å²) < 4.78 is 0. The van der Waals surface area contributed by atoms with E-state index in [2.05, 4.69) is 19.9 Å². The summed E-state index contributed by atoms with van der Waals surface area (Å²) in [5.41, 5.74) is 7.23. The molecule has 0 aliphatic heterocycles.